The Hall–Kier alpha value is -1.53. The lowest BCUT2D eigenvalue weighted by molar-refractivity contribution is 0.188. The molecule has 18 heavy (non-hydrogen) atoms. The van der Waals surface area contributed by atoms with Crippen LogP contribution in [0.5, 0.6) is 0 Å². The lowest BCUT2D eigenvalue weighted by Gasteiger charge is -2.13. The average molecular weight is 253 g/mol. The maximum absolute atomic E-state index is 13.6. The lowest BCUT2D eigenvalue weighted by atomic mass is 10.0. The second kappa shape index (κ2) is 4.29. The van der Waals surface area contributed by atoms with Gasteiger partial charge < -0.3 is 15.0 Å². The smallest absolute Gasteiger partial charge is 0.153 e. The Morgan fingerprint density at radius 3 is 3.00 bits per heavy atom. The summed E-state index contributed by atoms with van der Waals surface area (Å²) in [5.74, 6) is -0.591. The largest absolute Gasteiger partial charge is 0.379 e. The molecule has 4 nitrogen and oxygen atoms in total. The molecule has 3 rings (SSSR count). The number of aromatic nitrogens is 2. The molecule has 2 N–H and O–H groups in total. The molecule has 1 aliphatic heterocycles. The molecule has 2 aromatic rings. The number of aromatic amines is 1. The minimum atomic E-state index is -0.646. The minimum absolute atomic E-state index is 0.0323. The number of fused-ring (bicyclic) bond motifs is 1. The van der Waals surface area contributed by atoms with Crippen LogP contribution in [0.15, 0.2) is 12.1 Å². The summed E-state index contributed by atoms with van der Waals surface area (Å²) >= 11 is 0. The molecule has 0 aliphatic carbocycles. The quantitative estimate of drug-likeness (QED) is 0.853. The summed E-state index contributed by atoms with van der Waals surface area (Å²) in [6, 6.07) is 2.23. The summed E-state index contributed by atoms with van der Waals surface area (Å²) in [7, 11) is 1.84. The number of nitrogens with zero attached hydrogens (tertiary/aromatic N) is 1. The predicted octanol–water partition coefficient (Wildman–Crippen LogP) is 1.54. The van der Waals surface area contributed by atoms with Crippen LogP contribution < -0.4 is 5.32 Å². The predicted molar refractivity (Wildman–Crippen MR) is 62.4 cm³/mol. The van der Waals surface area contributed by atoms with Crippen LogP contribution in [0.2, 0.25) is 0 Å². The van der Waals surface area contributed by atoms with Gasteiger partial charge in [0.05, 0.1) is 24.6 Å². The van der Waals surface area contributed by atoms with Crippen LogP contribution >= 0.6 is 0 Å². The zero-order chi connectivity index (χ0) is 12.7. The van der Waals surface area contributed by atoms with E-state index in [9.17, 15) is 8.78 Å². The molecule has 1 aromatic heterocycles. The molecule has 2 atom stereocenters. The summed E-state index contributed by atoms with van der Waals surface area (Å²) in [5, 5.41) is 3.13. The Morgan fingerprint density at radius 1 is 1.39 bits per heavy atom. The third-order valence-corrected chi connectivity index (χ3v) is 3.33. The van der Waals surface area contributed by atoms with E-state index in [1.807, 2.05) is 7.05 Å². The fraction of sp³-hybridized carbons (Fsp3) is 0.417. The Bertz CT molecular complexity index is 584. The number of rotatable bonds is 2. The highest BCUT2D eigenvalue weighted by molar-refractivity contribution is 5.75. The Balaban J connectivity index is 2.05. The highest BCUT2D eigenvalue weighted by atomic mass is 19.1. The van der Waals surface area contributed by atoms with Crippen molar-refractivity contribution in [3.63, 3.8) is 0 Å². The molecule has 0 saturated carbocycles. The van der Waals surface area contributed by atoms with Crippen LogP contribution in [0.1, 0.15) is 11.7 Å². The van der Waals surface area contributed by atoms with E-state index in [0.717, 1.165) is 6.07 Å². The maximum atomic E-state index is 13.6. The molecule has 1 aliphatic rings. The monoisotopic (exact) mass is 253 g/mol. The molecule has 0 radical (unpaired) electrons. The van der Waals surface area contributed by atoms with Crippen LogP contribution in [0.25, 0.3) is 11.0 Å². The van der Waals surface area contributed by atoms with Gasteiger partial charge in [-0.25, -0.2) is 13.8 Å². The number of halogens is 2. The van der Waals surface area contributed by atoms with Gasteiger partial charge in [-0.2, -0.15) is 0 Å². The topological polar surface area (TPSA) is 49.9 Å². The van der Waals surface area contributed by atoms with Crippen LogP contribution in [0.3, 0.4) is 0 Å². The van der Waals surface area contributed by atoms with Crippen molar-refractivity contribution in [1.82, 2.24) is 15.3 Å². The number of ether oxygens (including phenoxy) is 1. The van der Waals surface area contributed by atoms with Gasteiger partial charge in [0.25, 0.3) is 0 Å². The number of hydrogen-bond acceptors (Lipinski definition) is 3. The van der Waals surface area contributed by atoms with Crippen molar-refractivity contribution in [2.45, 2.75) is 12.0 Å². The van der Waals surface area contributed by atoms with Crippen molar-refractivity contribution in [2.24, 2.45) is 0 Å². The molecule has 6 heteroatoms. The van der Waals surface area contributed by atoms with E-state index in [2.05, 4.69) is 15.3 Å². The van der Waals surface area contributed by atoms with Crippen molar-refractivity contribution >= 4 is 11.0 Å². The summed E-state index contributed by atoms with van der Waals surface area (Å²) in [6.45, 7) is 1.12. The highest BCUT2D eigenvalue weighted by Gasteiger charge is 2.31. The Morgan fingerprint density at radius 2 is 2.22 bits per heavy atom. The number of hydrogen-bond donors (Lipinski definition) is 2. The SMILES string of the molecule is CNC1COCC1c1nc2c(F)cc(F)cc2[nH]1. The summed E-state index contributed by atoms with van der Waals surface area (Å²) < 4.78 is 32.0. The van der Waals surface area contributed by atoms with Gasteiger partial charge in [0.1, 0.15) is 17.2 Å². The standard InChI is InChI=1S/C12H13F2N3O/c1-15-10-5-18-4-7(10)12-16-9-3-6(13)2-8(14)11(9)17-12/h2-3,7,10,15H,4-5H2,1H3,(H,16,17). The lowest BCUT2D eigenvalue weighted by Crippen LogP contribution is -2.31. The van der Waals surface area contributed by atoms with E-state index < -0.39 is 11.6 Å². The molecule has 96 valence electrons. The first-order valence-electron chi connectivity index (χ1n) is 5.78. The maximum Gasteiger partial charge on any atom is 0.153 e. The first kappa shape index (κ1) is 11.6. The van der Waals surface area contributed by atoms with E-state index >= 15 is 0 Å². The number of benzene rings is 1. The molecule has 1 fully saturated rings. The highest BCUT2D eigenvalue weighted by Crippen LogP contribution is 2.26. The molecule has 0 amide bonds. The van der Waals surface area contributed by atoms with Gasteiger partial charge in [0.15, 0.2) is 5.82 Å². The van der Waals surface area contributed by atoms with Crippen molar-refractivity contribution in [2.75, 3.05) is 20.3 Å². The Labute approximate surface area is 102 Å². The van der Waals surface area contributed by atoms with E-state index in [1.165, 1.54) is 6.07 Å². The number of nitrogens with one attached hydrogen (secondary N) is 2. The third kappa shape index (κ3) is 1.77. The average Bonchev–Trinajstić information content (AvgIpc) is 2.92. The molecular weight excluding hydrogens is 240 g/mol. The van der Waals surface area contributed by atoms with Crippen LogP contribution in [-0.2, 0) is 4.74 Å². The van der Waals surface area contributed by atoms with Gasteiger partial charge in [-0.15, -0.1) is 0 Å². The van der Waals surface area contributed by atoms with Gasteiger partial charge in [0, 0.05) is 12.1 Å². The summed E-state index contributed by atoms with van der Waals surface area (Å²) in [5.41, 5.74) is 0.553. The fourth-order valence-electron chi connectivity index (χ4n) is 2.35. The normalized spacial score (nSPS) is 23.9. The summed E-state index contributed by atoms with van der Waals surface area (Å²) in [4.78, 5) is 7.19. The number of H-pyrrole nitrogens is 1. The molecule has 2 heterocycles. The molecule has 1 saturated heterocycles. The third-order valence-electron chi connectivity index (χ3n) is 3.33. The number of imidazole rings is 1. The van der Waals surface area contributed by atoms with Gasteiger partial charge in [-0.05, 0) is 13.1 Å². The van der Waals surface area contributed by atoms with Crippen molar-refractivity contribution in [3.05, 3.63) is 29.6 Å². The first-order valence-corrected chi connectivity index (χ1v) is 5.78. The first-order chi connectivity index (χ1) is 8.69. The van der Waals surface area contributed by atoms with Crippen molar-refractivity contribution < 1.29 is 13.5 Å². The summed E-state index contributed by atoms with van der Waals surface area (Å²) in [6.07, 6.45) is 0. The van der Waals surface area contributed by atoms with Gasteiger partial charge in [-0.1, -0.05) is 0 Å². The molecule has 2 unspecified atom stereocenters. The Kier molecular flexibility index (Phi) is 2.76. The van der Waals surface area contributed by atoms with Gasteiger partial charge >= 0.3 is 0 Å². The second-order valence-electron chi connectivity index (χ2n) is 4.44. The van der Waals surface area contributed by atoms with Gasteiger partial charge in [0.2, 0.25) is 0 Å². The molecule has 0 spiro atoms. The molecule has 0 bridgehead atoms. The second-order valence-corrected chi connectivity index (χ2v) is 4.44. The van der Waals surface area contributed by atoms with E-state index in [0.29, 0.717) is 24.6 Å². The van der Waals surface area contributed by atoms with Crippen molar-refractivity contribution in [3.8, 4) is 0 Å². The van der Waals surface area contributed by atoms with E-state index in [1.54, 1.807) is 0 Å². The van der Waals surface area contributed by atoms with Crippen LogP contribution in [0.4, 0.5) is 8.78 Å². The molecular formula is C12H13F2N3O. The van der Waals surface area contributed by atoms with E-state index in [-0.39, 0.29) is 17.5 Å². The van der Waals surface area contributed by atoms with Crippen LogP contribution in [-0.4, -0.2) is 36.3 Å². The zero-order valence-electron chi connectivity index (χ0n) is 9.84. The van der Waals surface area contributed by atoms with Gasteiger partial charge in [-0.3, -0.25) is 0 Å². The molecule has 1 aromatic carbocycles. The fourth-order valence-corrected chi connectivity index (χ4v) is 2.35. The number of likely N-dealkylation sites (N-methyl/N-ethyl adjacent to an activating group) is 1. The van der Waals surface area contributed by atoms with E-state index in [4.69, 9.17) is 4.74 Å². The minimum Gasteiger partial charge on any atom is -0.379 e. The zero-order valence-corrected chi connectivity index (χ0v) is 9.84. The van der Waals surface area contributed by atoms with Crippen molar-refractivity contribution in [1.29, 1.82) is 0 Å². The van der Waals surface area contributed by atoms with Crippen LogP contribution in [0, 0.1) is 11.6 Å².